The molecule has 10 nitrogen and oxygen atoms in total. The lowest BCUT2D eigenvalue weighted by molar-refractivity contribution is -0.514. The Kier molecular flexibility index (Phi) is 3.32. The van der Waals surface area contributed by atoms with Crippen molar-refractivity contribution < 1.29 is 34.2 Å². The number of nitrogens with zero attached hydrogens (tertiary/aromatic N) is 2. The molecule has 3 aliphatic rings. The maximum absolute atomic E-state index is 11.9. The number of ether oxygens (including phenoxy) is 1. The highest BCUT2D eigenvalue weighted by atomic mass is 16.6. The van der Waals surface area contributed by atoms with Crippen molar-refractivity contribution in [3.8, 4) is 0 Å². The molecule has 3 aliphatic heterocycles. The Labute approximate surface area is 119 Å². The van der Waals surface area contributed by atoms with E-state index in [9.17, 15) is 19.8 Å². The Bertz CT molecular complexity index is 511. The fourth-order valence-electron chi connectivity index (χ4n) is 2.93. The predicted molar refractivity (Wildman–Crippen MR) is 66.1 cm³/mol. The van der Waals surface area contributed by atoms with E-state index in [-0.39, 0.29) is 0 Å². The molecule has 6 atom stereocenters. The molecule has 2 saturated heterocycles. The van der Waals surface area contributed by atoms with Crippen molar-refractivity contribution >= 4 is 18.3 Å². The fourth-order valence-corrected chi connectivity index (χ4v) is 2.93. The normalized spacial score (nSPS) is 42.5. The summed E-state index contributed by atoms with van der Waals surface area (Å²) < 4.78 is 7.00. The molecule has 0 bridgehead atoms. The third-order valence-electron chi connectivity index (χ3n) is 3.97. The minimum absolute atomic E-state index is 0.445. The van der Waals surface area contributed by atoms with E-state index < -0.39 is 55.3 Å². The Morgan fingerprint density at radius 2 is 2.10 bits per heavy atom. The first-order valence-electron chi connectivity index (χ1n) is 6.52. The highest BCUT2D eigenvalue weighted by molar-refractivity contribution is 6.00. The third kappa shape index (κ3) is 2.07. The maximum atomic E-state index is 11.9. The number of rotatable bonds is 2. The molecule has 3 rings (SSSR count). The van der Waals surface area contributed by atoms with Gasteiger partial charge in [0.25, 0.3) is 5.91 Å². The van der Waals surface area contributed by atoms with E-state index in [1.165, 1.54) is 11.2 Å². The number of nitrogens with one attached hydrogen (secondary N) is 2. The molecule has 0 aromatic heterocycles. The first-order valence-corrected chi connectivity index (χ1v) is 6.52. The molecule has 0 aliphatic carbocycles. The molecule has 5 N–H and O–H groups in total. The molecule has 2 fully saturated rings. The number of likely N-dealkylation sites (N-methyl/N-ethyl adjacent to an activating group) is 1. The summed E-state index contributed by atoms with van der Waals surface area (Å²) in [6.45, 7) is -0.445. The topological polar surface area (TPSA) is 134 Å². The van der Waals surface area contributed by atoms with Crippen LogP contribution in [-0.4, -0.2) is 93.5 Å². The summed E-state index contributed by atoms with van der Waals surface area (Å²) in [4.78, 5) is 24.8. The average molecular weight is 301 g/mol. The van der Waals surface area contributed by atoms with E-state index in [4.69, 9.17) is 9.84 Å². The summed E-state index contributed by atoms with van der Waals surface area (Å²) in [7, 11) is 1.65. The van der Waals surface area contributed by atoms with Crippen LogP contribution >= 0.6 is 0 Å². The smallest absolute Gasteiger partial charge is 0.324 e. The van der Waals surface area contributed by atoms with E-state index >= 15 is 0 Å². The van der Waals surface area contributed by atoms with Gasteiger partial charge in [-0.05, 0) is 0 Å². The van der Waals surface area contributed by atoms with Crippen LogP contribution in [0, 0.1) is 0 Å². The molecule has 21 heavy (non-hydrogen) atoms. The summed E-state index contributed by atoms with van der Waals surface area (Å²) in [5, 5.41) is 33.7. The second-order valence-corrected chi connectivity index (χ2v) is 5.31. The van der Waals surface area contributed by atoms with Crippen LogP contribution < -0.4 is 10.6 Å². The number of aliphatic hydroxyl groups is 3. The number of urea groups is 1. The first-order chi connectivity index (χ1) is 9.93. The van der Waals surface area contributed by atoms with Crippen molar-refractivity contribution in [2.24, 2.45) is 0 Å². The van der Waals surface area contributed by atoms with Gasteiger partial charge in [-0.1, -0.05) is 0 Å². The molecule has 0 aromatic carbocycles. The number of hydrogen-bond acceptors (Lipinski definition) is 7. The van der Waals surface area contributed by atoms with Crippen molar-refractivity contribution in [1.29, 1.82) is 0 Å². The van der Waals surface area contributed by atoms with Gasteiger partial charge in [0, 0.05) is 0 Å². The molecular weight excluding hydrogens is 284 g/mol. The first kappa shape index (κ1) is 14.2. The van der Waals surface area contributed by atoms with Crippen LogP contribution in [0.2, 0.25) is 0 Å². The summed E-state index contributed by atoms with van der Waals surface area (Å²) in [5.41, 5.74) is 0. The number of carbonyl (C=O) groups excluding carboxylic acids is 2. The van der Waals surface area contributed by atoms with Crippen molar-refractivity contribution in [2.45, 2.75) is 36.7 Å². The molecule has 0 spiro atoms. The van der Waals surface area contributed by atoms with Crippen molar-refractivity contribution in [3.05, 3.63) is 0 Å². The van der Waals surface area contributed by atoms with Crippen LogP contribution in [0.5, 0.6) is 0 Å². The van der Waals surface area contributed by atoms with Crippen molar-refractivity contribution in [1.82, 2.24) is 15.5 Å². The van der Waals surface area contributed by atoms with Crippen LogP contribution in [0.1, 0.15) is 0 Å². The van der Waals surface area contributed by atoms with Crippen molar-refractivity contribution in [3.63, 3.8) is 0 Å². The largest absolute Gasteiger partial charge is 0.394 e. The zero-order valence-corrected chi connectivity index (χ0v) is 11.2. The summed E-state index contributed by atoms with van der Waals surface area (Å²) in [5.74, 6) is -0.461. The van der Waals surface area contributed by atoms with Gasteiger partial charge in [-0.15, -0.1) is 0 Å². The molecular formula is C11H17N4O6+. The van der Waals surface area contributed by atoms with Gasteiger partial charge in [0.15, 0.2) is 0 Å². The van der Waals surface area contributed by atoms with Crippen LogP contribution in [0.15, 0.2) is 0 Å². The lowest BCUT2D eigenvalue weighted by atomic mass is 10.1. The minimum Gasteiger partial charge on any atom is -0.394 e. The zero-order chi connectivity index (χ0) is 15.3. The number of hydrogen-bond donors (Lipinski definition) is 5. The number of amides is 3. The Hall–Kier alpha value is -1.75. The summed E-state index contributed by atoms with van der Waals surface area (Å²) in [6, 6.07) is -1.30. The van der Waals surface area contributed by atoms with Crippen LogP contribution in [0.4, 0.5) is 4.79 Å². The van der Waals surface area contributed by atoms with Gasteiger partial charge in [0.2, 0.25) is 24.8 Å². The lowest BCUT2D eigenvalue weighted by Gasteiger charge is -2.30. The number of fused-ring (bicyclic) bond motifs is 1. The highest BCUT2D eigenvalue weighted by Gasteiger charge is 2.57. The molecule has 0 saturated carbocycles. The van der Waals surface area contributed by atoms with Gasteiger partial charge in [-0.3, -0.25) is 20.0 Å². The van der Waals surface area contributed by atoms with Crippen molar-refractivity contribution in [2.75, 3.05) is 13.7 Å². The van der Waals surface area contributed by atoms with Crippen LogP contribution in [0.3, 0.4) is 0 Å². The molecule has 116 valence electrons. The molecule has 10 heteroatoms. The van der Waals surface area contributed by atoms with Gasteiger partial charge >= 0.3 is 6.03 Å². The number of carbonyl (C=O) groups is 2. The van der Waals surface area contributed by atoms with E-state index in [2.05, 4.69) is 10.6 Å². The Morgan fingerprint density at radius 1 is 1.38 bits per heavy atom. The van der Waals surface area contributed by atoms with Gasteiger partial charge < -0.3 is 20.1 Å². The standard InChI is InChI=1S/C11H16N4O6/c1-14-3-15(8-5(14)9(19)13-11(20)12-8)10-7(18)6(17)4(2-16)21-10/h3-8,10,16-18H,2H2,1H3,(H-,12,13,19,20)/p+1/t4-,5?,6-,7-,8?,10-/m1/s1. The minimum atomic E-state index is -1.27. The second kappa shape index (κ2) is 4.91. The van der Waals surface area contributed by atoms with Gasteiger partial charge in [-0.2, -0.15) is 0 Å². The Morgan fingerprint density at radius 3 is 2.71 bits per heavy atom. The van der Waals surface area contributed by atoms with Crippen LogP contribution in [0.25, 0.3) is 0 Å². The SMILES string of the molecule is C[N+]1=CN([C@@H]2O[C@H](CO)[C@@H](O)[C@H]2O)C2NC(=O)NC(=O)C21. The van der Waals surface area contributed by atoms with E-state index in [0.717, 1.165) is 0 Å². The van der Waals surface area contributed by atoms with Gasteiger partial charge in [-0.25, -0.2) is 9.69 Å². The number of aliphatic hydroxyl groups excluding tert-OH is 3. The summed E-state index contributed by atoms with van der Waals surface area (Å²) >= 11 is 0. The number of imide groups is 1. The molecule has 2 unspecified atom stereocenters. The Balaban J connectivity index is 1.86. The molecule has 0 aromatic rings. The van der Waals surface area contributed by atoms with E-state index in [0.29, 0.717) is 0 Å². The molecule has 3 heterocycles. The summed E-state index contributed by atoms with van der Waals surface area (Å²) in [6.07, 6.45) is -3.60. The lowest BCUT2D eigenvalue weighted by Crippen LogP contribution is -2.67. The average Bonchev–Trinajstić information content (AvgIpc) is 2.89. The third-order valence-corrected chi connectivity index (χ3v) is 3.97. The molecule has 0 radical (unpaired) electrons. The monoisotopic (exact) mass is 301 g/mol. The maximum Gasteiger partial charge on any atom is 0.324 e. The quantitative estimate of drug-likeness (QED) is 0.328. The van der Waals surface area contributed by atoms with Crippen LogP contribution in [-0.2, 0) is 9.53 Å². The second-order valence-electron chi connectivity index (χ2n) is 5.31. The van der Waals surface area contributed by atoms with Gasteiger partial charge in [0.05, 0.1) is 13.7 Å². The zero-order valence-electron chi connectivity index (χ0n) is 11.2. The van der Waals surface area contributed by atoms with E-state index in [1.54, 1.807) is 11.6 Å². The van der Waals surface area contributed by atoms with E-state index in [1.807, 2.05) is 0 Å². The predicted octanol–water partition coefficient (Wildman–Crippen LogP) is -4.05. The fraction of sp³-hybridized carbons (Fsp3) is 0.727. The van der Waals surface area contributed by atoms with Gasteiger partial charge in [0.1, 0.15) is 18.3 Å². The highest BCUT2D eigenvalue weighted by Crippen LogP contribution is 2.27. The molecule has 3 amide bonds.